The maximum absolute atomic E-state index is 4.19. The van der Waals surface area contributed by atoms with Gasteiger partial charge in [0.2, 0.25) is 0 Å². The second-order valence-corrected chi connectivity index (χ2v) is 8.58. The van der Waals surface area contributed by atoms with Gasteiger partial charge >= 0.3 is 0 Å². The van der Waals surface area contributed by atoms with Gasteiger partial charge in [-0.2, -0.15) is 0 Å². The van der Waals surface area contributed by atoms with E-state index in [-0.39, 0.29) is 0 Å². The van der Waals surface area contributed by atoms with Gasteiger partial charge in [0.25, 0.3) is 0 Å². The number of hydrogen-bond acceptors (Lipinski definition) is 4. The molecule has 3 saturated carbocycles. The smallest absolute Gasteiger partial charge is 0.146 e. The number of thioether (sulfide) groups is 1. The van der Waals surface area contributed by atoms with E-state index in [2.05, 4.69) is 31.0 Å². The summed E-state index contributed by atoms with van der Waals surface area (Å²) in [4.78, 5) is 0. The zero-order valence-electron chi connectivity index (χ0n) is 10.1. The topological polar surface area (TPSA) is 25.8 Å². The minimum absolute atomic E-state index is 0.387. The molecule has 88 valence electrons. The lowest BCUT2D eigenvalue weighted by atomic mass is 9.45. The third-order valence-corrected chi connectivity index (χ3v) is 7.09. The van der Waals surface area contributed by atoms with Crippen LogP contribution >= 0.6 is 23.1 Å². The number of rotatable bonds is 2. The van der Waals surface area contributed by atoms with Crippen LogP contribution in [-0.2, 0) is 0 Å². The molecule has 3 unspecified atom stereocenters. The van der Waals surface area contributed by atoms with Crippen molar-refractivity contribution in [2.75, 3.05) is 0 Å². The molecule has 2 nitrogen and oxygen atoms in total. The molecule has 0 aromatic carbocycles. The predicted octanol–water partition coefficient (Wildman–Crippen LogP) is 3.85. The second kappa shape index (κ2) is 3.45. The van der Waals surface area contributed by atoms with Crippen molar-refractivity contribution in [3.05, 3.63) is 5.51 Å². The van der Waals surface area contributed by atoms with Gasteiger partial charge in [-0.3, -0.25) is 0 Å². The molecule has 1 heterocycles. The molecule has 3 fully saturated rings. The highest BCUT2D eigenvalue weighted by atomic mass is 32.2. The van der Waals surface area contributed by atoms with E-state index >= 15 is 0 Å². The molecule has 4 rings (SSSR count). The van der Waals surface area contributed by atoms with Crippen molar-refractivity contribution >= 4 is 23.1 Å². The first-order valence-electron chi connectivity index (χ1n) is 5.97. The summed E-state index contributed by atoms with van der Waals surface area (Å²) in [5.41, 5.74) is 2.38. The van der Waals surface area contributed by atoms with Crippen LogP contribution in [0.1, 0.15) is 40.0 Å². The van der Waals surface area contributed by atoms with E-state index in [1.54, 1.807) is 11.3 Å². The Morgan fingerprint density at radius 1 is 1.44 bits per heavy atom. The molecule has 4 heteroatoms. The van der Waals surface area contributed by atoms with Crippen LogP contribution in [0.25, 0.3) is 0 Å². The normalized spacial score (nSPS) is 40.4. The Morgan fingerprint density at radius 3 is 2.81 bits per heavy atom. The molecule has 0 aliphatic heterocycles. The monoisotopic (exact) mass is 254 g/mol. The van der Waals surface area contributed by atoms with Crippen LogP contribution in [0.5, 0.6) is 0 Å². The third-order valence-electron chi connectivity index (χ3n) is 4.86. The van der Waals surface area contributed by atoms with E-state index in [4.69, 9.17) is 0 Å². The van der Waals surface area contributed by atoms with Gasteiger partial charge in [0.05, 0.1) is 0 Å². The zero-order valence-corrected chi connectivity index (χ0v) is 11.7. The van der Waals surface area contributed by atoms with E-state index in [0.717, 1.165) is 16.2 Å². The van der Waals surface area contributed by atoms with E-state index in [1.165, 1.54) is 19.3 Å². The highest BCUT2D eigenvalue weighted by Crippen LogP contribution is 2.66. The lowest BCUT2D eigenvalue weighted by Gasteiger charge is -2.64. The molecule has 0 saturated heterocycles. The average molecular weight is 254 g/mol. The Balaban J connectivity index is 1.83. The zero-order chi connectivity index (χ0) is 11.4. The van der Waals surface area contributed by atoms with Gasteiger partial charge < -0.3 is 0 Å². The van der Waals surface area contributed by atoms with Gasteiger partial charge in [-0.05, 0) is 43.4 Å². The summed E-state index contributed by atoms with van der Waals surface area (Å²) in [6.07, 6.45) is 4.16. The number of hydrogen-bond donors (Lipinski definition) is 0. The van der Waals surface area contributed by atoms with E-state index < -0.39 is 0 Å². The molecule has 1 aromatic rings. The van der Waals surface area contributed by atoms with Crippen LogP contribution in [0.3, 0.4) is 0 Å². The Bertz CT molecular complexity index is 386. The Morgan fingerprint density at radius 2 is 2.25 bits per heavy atom. The maximum atomic E-state index is 4.19. The number of fused-ring (bicyclic) bond motifs is 2. The standard InChI is InChI=1S/C12H18N2S2/c1-11(2)8-4-5-12(3,9(11)6-8)16-10-14-13-7-15-10/h7-9H,4-6H2,1-3H3. The second-order valence-electron chi connectivity index (χ2n) is 5.96. The summed E-state index contributed by atoms with van der Waals surface area (Å²) in [5, 5.41) is 8.13. The third kappa shape index (κ3) is 1.46. The molecule has 0 amide bonds. The van der Waals surface area contributed by atoms with Crippen molar-refractivity contribution in [3.8, 4) is 0 Å². The molecule has 0 radical (unpaired) electrons. The molecule has 3 atom stereocenters. The van der Waals surface area contributed by atoms with Crippen molar-refractivity contribution < 1.29 is 0 Å². The van der Waals surface area contributed by atoms with Crippen molar-refractivity contribution in [2.24, 2.45) is 17.3 Å². The van der Waals surface area contributed by atoms with E-state index in [1.807, 2.05) is 17.3 Å². The molecule has 0 N–H and O–H groups in total. The maximum Gasteiger partial charge on any atom is 0.174 e. The summed E-state index contributed by atoms with van der Waals surface area (Å²) >= 11 is 3.64. The fraction of sp³-hybridized carbons (Fsp3) is 0.833. The molecule has 3 aliphatic carbocycles. The van der Waals surface area contributed by atoms with Crippen LogP contribution < -0.4 is 0 Å². The Hall–Kier alpha value is -0.0900. The van der Waals surface area contributed by atoms with Gasteiger partial charge in [0, 0.05) is 4.75 Å². The molecular weight excluding hydrogens is 236 g/mol. The highest BCUT2D eigenvalue weighted by molar-refractivity contribution is 8.02. The van der Waals surface area contributed by atoms with Crippen LogP contribution in [0.15, 0.2) is 9.85 Å². The SMILES string of the molecule is CC1(Sc2nncs2)CCC2CC1C2(C)C. The van der Waals surface area contributed by atoms with Crippen LogP contribution in [0.2, 0.25) is 0 Å². The predicted molar refractivity (Wildman–Crippen MR) is 68.8 cm³/mol. The quantitative estimate of drug-likeness (QED) is 0.802. The summed E-state index contributed by atoms with van der Waals surface area (Å²) in [6, 6.07) is 0. The number of aromatic nitrogens is 2. The molecular formula is C12H18N2S2. The summed E-state index contributed by atoms with van der Waals surface area (Å²) < 4.78 is 1.53. The van der Waals surface area contributed by atoms with Crippen LogP contribution in [0.4, 0.5) is 0 Å². The lowest BCUT2D eigenvalue weighted by Crippen LogP contribution is -2.58. The summed E-state index contributed by atoms with van der Waals surface area (Å²) in [7, 11) is 0. The van der Waals surface area contributed by atoms with E-state index in [9.17, 15) is 0 Å². The van der Waals surface area contributed by atoms with Crippen molar-refractivity contribution in [3.63, 3.8) is 0 Å². The number of nitrogens with zero attached hydrogens (tertiary/aromatic N) is 2. The van der Waals surface area contributed by atoms with Gasteiger partial charge in [-0.1, -0.05) is 36.9 Å². The molecule has 2 bridgehead atoms. The fourth-order valence-corrected chi connectivity index (χ4v) is 6.13. The largest absolute Gasteiger partial charge is 0.174 e. The molecule has 3 aliphatic rings. The Labute approximate surface area is 105 Å². The Kier molecular flexibility index (Phi) is 2.38. The fourth-order valence-electron chi connectivity index (χ4n) is 3.71. The van der Waals surface area contributed by atoms with E-state index in [0.29, 0.717) is 10.2 Å². The molecule has 1 aromatic heterocycles. The lowest BCUT2D eigenvalue weighted by molar-refractivity contribution is -0.0851. The van der Waals surface area contributed by atoms with Gasteiger partial charge in [-0.15, -0.1) is 10.2 Å². The molecule has 16 heavy (non-hydrogen) atoms. The summed E-state index contributed by atoms with van der Waals surface area (Å²) in [6.45, 7) is 7.33. The average Bonchev–Trinajstić information content (AvgIpc) is 2.69. The van der Waals surface area contributed by atoms with Gasteiger partial charge in [0.15, 0.2) is 4.34 Å². The highest BCUT2D eigenvalue weighted by Gasteiger charge is 2.59. The van der Waals surface area contributed by atoms with Crippen LogP contribution in [0, 0.1) is 17.3 Å². The van der Waals surface area contributed by atoms with Crippen molar-refractivity contribution in [1.29, 1.82) is 0 Å². The first-order chi connectivity index (χ1) is 7.52. The van der Waals surface area contributed by atoms with Gasteiger partial charge in [-0.25, -0.2) is 0 Å². The first-order valence-corrected chi connectivity index (χ1v) is 7.67. The van der Waals surface area contributed by atoms with Crippen LogP contribution in [-0.4, -0.2) is 14.9 Å². The van der Waals surface area contributed by atoms with Crippen molar-refractivity contribution in [2.45, 2.75) is 49.1 Å². The minimum Gasteiger partial charge on any atom is -0.146 e. The van der Waals surface area contributed by atoms with Crippen molar-refractivity contribution in [1.82, 2.24) is 10.2 Å². The minimum atomic E-state index is 0.387. The molecule has 0 spiro atoms. The summed E-state index contributed by atoms with van der Waals surface area (Å²) in [5.74, 6) is 1.83. The first kappa shape index (κ1) is 11.0. The van der Waals surface area contributed by atoms with Gasteiger partial charge in [0.1, 0.15) is 5.51 Å².